The fourth-order valence-corrected chi connectivity index (χ4v) is 3.50. The molecule has 4 heteroatoms. The summed E-state index contributed by atoms with van der Waals surface area (Å²) in [6.45, 7) is 6.38. The SMILES string of the molecule is CC(C)(C)OC(=O)NC[C@@H]1C[C@H]2C[C@@H]1C1OC12. The zero-order chi connectivity index (χ0) is 12.2. The molecule has 1 heterocycles. The lowest BCUT2D eigenvalue weighted by Gasteiger charge is -2.23. The van der Waals surface area contributed by atoms with Gasteiger partial charge in [0.15, 0.2) is 0 Å². The van der Waals surface area contributed by atoms with Gasteiger partial charge >= 0.3 is 6.09 Å². The van der Waals surface area contributed by atoms with E-state index in [0.717, 1.165) is 12.5 Å². The molecule has 2 unspecified atom stereocenters. The Labute approximate surface area is 102 Å². The first-order chi connectivity index (χ1) is 7.94. The van der Waals surface area contributed by atoms with E-state index in [1.54, 1.807) is 0 Å². The molecule has 3 aliphatic rings. The van der Waals surface area contributed by atoms with E-state index in [1.165, 1.54) is 12.8 Å². The smallest absolute Gasteiger partial charge is 0.407 e. The summed E-state index contributed by atoms with van der Waals surface area (Å²) in [6, 6.07) is 0. The van der Waals surface area contributed by atoms with Gasteiger partial charge < -0.3 is 14.8 Å². The second-order valence-corrected chi connectivity index (χ2v) is 6.60. The van der Waals surface area contributed by atoms with Crippen molar-refractivity contribution in [1.82, 2.24) is 5.32 Å². The van der Waals surface area contributed by atoms with Gasteiger partial charge in [-0.2, -0.15) is 0 Å². The Morgan fingerprint density at radius 2 is 2.12 bits per heavy atom. The number of epoxide rings is 1. The van der Waals surface area contributed by atoms with E-state index in [1.807, 2.05) is 20.8 Å². The van der Waals surface area contributed by atoms with E-state index in [4.69, 9.17) is 9.47 Å². The van der Waals surface area contributed by atoms with Gasteiger partial charge in [-0.3, -0.25) is 0 Å². The van der Waals surface area contributed by atoms with Gasteiger partial charge in [0.25, 0.3) is 0 Å². The van der Waals surface area contributed by atoms with Crippen LogP contribution in [0.5, 0.6) is 0 Å². The molecule has 0 aromatic heterocycles. The molecule has 17 heavy (non-hydrogen) atoms. The summed E-state index contributed by atoms with van der Waals surface area (Å²) in [7, 11) is 0. The van der Waals surface area contributed by atoms with Crippen molar-refractivity contribution in [2.45, 2.75) is 51.4 Å². The van der Waals surface area contributed by atoms with Crippen LogP contribution < -0.4 is 5.32 Å². The Kier molecular flexibility index (Phi) is 2.41. The standard InChI is InChI=1S/C13H21NO3/c1-13(2,3)17-12(15)14-6-8-4-7-5-9(8)11-10(7)16-11/h7-11H,4-6H2,1-3H3,(H,14,15)/t7-,8-,9-,10?,11?/m0/s1. The third-order valence-electron chi connectivity index (χ3n) is 4.14. The number of alkyl carbamates (subject to hydrolysis) is 1. The number of hydrogen-bond donors (Lipinski definition) is 1. The summed E-state index contributed by atoms with van der Waals surface area (Å²) in [6.07, 6.45) is 3.29. The Hall–Kier alpha value is -0.770. The molecular weight excluding hydrogens is 218 g/mol. The van der Waals surface area contributed by atoms with Crippen LogP contribution in [0.2, 0.25) is 0 Å². The molecule has 96 valence electrons. The highest BCUT2D eigenvalue weighted by atomic mass is 16.6. The second kappa shape index (κ2) is 3.61. The molecule has 0 radical (unpaired) electrons. The minimum atomic E-state index is -0.413. The molecule has 1 amide bonds. The maximum Gasteiger partial charge on any atom is 0.407 e. The molecule has 0 aromatic carbocycles. The lowest BCUT2D eigenvalue weighted by atomic mass is 9.89. The molecule has 2 saturated carbocycles. The summed E-state index contributed by atoms with van der Waals surface area (Å²) in [5.41, 5.74) is -0.413. The average Bonchev–Trinajstić information content (AvgIpc) is 2.80. The molecule has 2 aliphatic carbocycles. The number of nitrogens with one attached hydrogen (secondary N) is 1. The van der Waals surface area contributed by atoms with Crippen molar-refractivity contribution in [1.29, 1.82) is 0 Å². The first-order valence-corrected chi connectivity index (χ1v) is 6.56. The zero-order valence-corrected chi connectivity index (χ0v) is 10.7. The number of rotatable bonds is 2. The van der Waals surface area contributed by atoms with Crippen molar-refractivity contribution < 1.29 is 14.3 Å². The van der Waals surface area contributed by atoms with Crippen molar-refractivity contribution in [2.75, 3.05) is 6.54 Å². The first kappa shape index (κ1) is 11.3. The monoisotopic (exact) mass is 239 g/mol. The van der Waals surface area contributed by atoms with Gasteiger partial charge in [-0.15, -0.1) is 0 Å². The topological polar surface area (TPSA) is 50.9 Å². The zero-order valence-electron chi connectivity index (χ0n) is 10.7. The predicted octanol–water partition coefficient (Wildman–Crippen LogP) is 1.93. The number of amides is 1. The largest absolute Gasteiger partial charge is 0.444 e. The molecule has 1 N–H and O–H groups in total. The van der Waals surface area contributed by atoms with Crippen molar-refractivity contribution in [3.05, 3.63) is 0 Å². The Bertz CT molecular complexity index is 336. The highest BCUT2D eigenvalue weighted by Crippen LogP contribution is 2.58. The normalized spacial score (nSPS) is 42.2. The molecule has 3 fully saturated rings. The van der Waals surface area contributed by atoms with Crippen LogP contribution in [-0.2, 0) is 9.47 Å². The highest BCUT2D eigenvalue weighted by Gasteiger charge is 2.62. The number of ether oxygens (including phenoxy) is 2. The molecule has 3 rings (SSSR count). The average molecular weight is 239 g/mol. The van der Waals surface area contributed by atoms with Gasteiger partial charge in [-0.1, -0.05) is 0 Å². The number of carbonyl (C=O) groups excluding carboxylic acids is 1. The van der Waals surface area contributed by atoms with Gasteiger partial charge in [0.1, 0.15) is 5.60 Å². The van der Waals surface area contributed by atoms with Crippen LogP contribution in [0.3, 0.4) is 0 Å². The predicted molar refractivity (Wildman–Crippen MR) is 62.6 cm³/mol. The van der Waals surface area contributed by atoms with Crippen molar-refractivity contribution in [2.24, 2.45) is 17.8 Å². The van der Waals surface area contributed by atoms with Crippen molar-refractivity contribution in [3.8, 4) is 0 Å². The van der Waals surface area contributed by atoms with Crippen LogP contribution in [0.1, 0.15) is 33.6 Å². The quantitative estimate of drug-likeness (QED) is 0.749. The van der Waals surface area contributed by atoms with E-state index >= 15 is 0 Å². The number of carbonyl (C=O) groups is 1. The van der Waals surface area contributed by atoms with Crippen LogP contribution in [0, 0.1) is 17.8 Å². The lowest BCUT2D eigenvalue weighted by Crippen LogP contribution is -2.37. The molecule has 0 aromatic rings. The van der Waals surface area contributed by atoms with E-state index in [2.05, 4.69) is 5.32 Å². The summed E-state index contributed by atoms with van der Waals surface area (Å²) < 4.78 is 10.8. The molecule has 4 nitrogen and oxygen atoms in total. The van der Waals surface area contributed by atoms with E-state index in [0.29, 0.717) is 24.0 Å². The molecule has 1 saturated heterocycles. The second-order valence-electron chi connectivity index (χ2n) is 6.60. The van der Waals surface area contributed by atoms with E-state index < -0.39 is 5.60 Å². The fourth-order valence-electron chi connectivity index (χ4n) is 3.50. The first-order valence-electron chi connectivity index (χ1n) is 6.56. The van der Waals surface area contributed by atoms with Gasteiger partial charge in [0.05, 0.1) is 12.2 Å². The molecule has 5 atom stereocenters. The third kappa shape index (κ3) is 2.15. The van der Waals surface area contributed by atoms with Gasteiger partial charge in [-0.25, -0.2) is 4.79 Å². The van der Waals surface area contributed by atoms with E-state index in [-0.39, 0.29) is 6.09 Å². The van der Waals surface area contributed by atoms with Crippen LogP contribution in [0.25, 0.3) is 0 Å². The third-order valence-corrected chi connectivity index (χ3v) is 4.14. The maximum atomic E-state index is 11.5. The van der Waals surface area contributed by atoms with Crippen LogP contribution >= 0.6 is 0 Å². The van der Waals surface area contributed by atoms with Crippen LogP contribution in [0.15, 0.2) is 0 Å². The minimum absolute atomic E-state index is 0.298. The van der Waals surface area contributed by atoms with Gasteiger partial charge in [-0.05, 0) is 51.4 Å². The summed E-state index contributed by atoms with van der Waals surface area (Å²) >= 11 is 0. The summed E-state index contributed by atoms with van der Waals surface area (Å²) in [5.74, 6) is 2.03. The molecule has 2 bridgehead atoms. The lowest BCUT2D eigenvalue weighted by molar-refractivity contribution is 0.0513. The number of fused-ring (bicyclic) bond motifs is 5. The maximum absolute atomic E-state index is 11.5. The molecule has 0 spiro atoms. The fraction of sp³-hybridized carbons (Fsp3) is 0.923. The Morgan fingerprint density at radius 3 is 2.71 bits per heavy atom. The van der Waals surface area contributed by atoms with Crippen molar-refractivity contribution in [3.63, 3.8) is 0 Å². The summed E-state index contributed by atoms with van der Waals surface area (Å²) in [5, 5.41) is 2.89. The van der Waals surface area contributed by atoms with Crippen LogP contribution in [-0.4, -0.2) is 30.4 Å². The van der Waals surface area contributed by atoms with Gasteiger partial charge in [0.2, 0.25) is 0 Å². The van der Waals surface area contributed by atoms with Gasteiger partial charge in [0, 0.05) is 6.54 Å². The van der Waals surface area contributed by atoms with Crippen molar-refractivity contribution >= 4 is 6.09 Å². The molecular formula is C13H21NO3. The molecule has 1 aliphatic heterocycles. The van der Waals surface area contributed by atoms with E-state index in [9.17, 15) is 4.79 Å². The Balaban J connectivity index is 1.45. The minimum Gasteiger partial charge on any atom is -0.444 e. The summed E-state index contributed by atoms with van der Waals surface area (Å²) in [4.78, 5) is 11.5. The Morgan fingerprint density at radius 1 is 1.35 bits per heavy atom. The number of hydrogen-bond acceptors (Lipinski definition) is 3. The van der Waals surface area contributed by atoms with Crippen LogP contribution in [0.4, 0.5) is 4.79 Å². The highest BCUT2D eigenvalue weighted by molar-refractivity contribution is 5.67.